The van der Waals surface area contributed by atoms with Gasteiger partial charge in [0.2, 0.25) is 0 Å². The van der Waals surface area contributed by atoms with E-state index in [2.05, 4.69) is 84.9 Å². The summed E-state index contributed by atoms with van der Waals surface area (Å²) in [4.78, 5) is 4.07. The third-order valence-corrected chi connectivity index (χ3v) is 9.54. The SMILES string of the molecule is Clc1cc(Cl)cc(Sc2cccc(Sc3cc(Cl)cc(Cl)c3)c2-c2c(-c3ccccc3)cccc2-c2ccccc2)c1. The lowest BCUT2D eigenvalue weighted by molar-refractivity contribution is 1.31. The normalized spacial score (nSPS) is 11.0. The average Bonchev–Trinajstić information content (AvgIpc) is 2.97. The highest BCUT2D eigenvalue weighted by Crippen LogP contribution is 2.50. The van der Waals surface area contributed by atoms with Gasteiger partial charge in [-0.3, -0.25) is 0 Å². The third-order valence-electron chi connectivity index (χ3n) is 6.60. The topological polar surface area (TPSA) is 0 Å². The first-order valence-electron chi connectivity index (χ1n) is 13.1. The molecule has 0 aliphatic heterocycles. The summed E-state index contributed by atoms with van der Waals surface area (Å²) in [6, 6.07) is 45.2. The first-order chi connectivity index (χ1) is 20.4. The second-order valence-corrected chi connectivity index (χ2v) is 13.5. The lowest BCUT2D eigenvalue weighted by Crippen LogP contribution is -1.95. The molecule has 0 bridgehead atoms. The first-order valence-corrected chi connectivity index (χ1v) is 16.2. The fourth-order valence-electron chi connectivity index (χ4n) is 4.89. The molecule has 6 rings (SSSR count). The van der Waals surface area contributed by atoms with Crippen LogP contribution in [0.2, 0.25) is 20.1 Å². The molecule has 0 amide bonds. The molecule has 0 spiro atoms. The highest BCUT2D eigenvalue weighted by molar-refractivity contribution is 8.00. The summed E-state index contributed by atoms with van der Waals surface area (Å²) in [5.41, 5.74) is 6.80. The summed E-state index contributed by atoms with van der Waals surface area (Å²) in [5, 5.41) is 2.39. The van der Waals surface area contributed by atoms with Crippen molar-refractivity contribution in [1.82, 2.24) is 0 Å². The molecule has 0 radical (unpaired) electrons. The van der Waals surface area contributed by atoms with Crippen molar-refractivity contribution in [2.24, 2.45) is 0 Å². The van der Waals surface area contributed by atoms with Gasteiger partial charge in [0.15, 0.2) is 0 Å². The Morgan fingerprint density at radius 3 is 1.14 bits per heavy atom. The Balaban J connectivity index is 1.65. The zero-order valence-electron chi connectivity index (χ0n) is 22.0. The average molecular weight is 661 g/mol. The van der Waals surface area contributed by atoms with Crippen molar-refractivity contribution < 1.29 is 0 Å². The second kappa shape index (κ2) is 13.2. The summed E-state index contributed by atoms with van der Waals surface area (Å²) in [6.07, 6.45) is 0. The van der Waals surface area contributed by atoms with Crippen LogP contribution in [0, 0.1) is 0 Å². The van der Waals surface area contributed by atoms with E-state index < -0.39 is 0 Å². The maximum Gasteiger partial charge on any atom is 0.0432 e. The van der Waals surface area contributed by atoms with Gasteiger partial charge in [-0.15, -0.1) is 0 Å². The zero-order chi connectivity index (χ0) is 29.1. The van der Waals surface area contributed by atoms with E-state index in [9.17, 15) is 0 Å². The first kappa shape index (κ1) is 29.3. The summed E-state index contributed by atoms with van der Waals surface area (Å²) < 4.78 is 0. The van der Waals surface area contributed by atoms with Gasteiger partial charge in [0.1, 0.15) is 0 Å². The molecule has 0 heterocycles. The molecule has 0 aliphatic rings. The summed E-state index contributed by atoms with van der Waals surface area (Å²) in [7, 11) is 0. The highest BCUT2D eigenvalue weighted by atomic mass is 35.5. The summed E-state index contributed by atoms with van der Waals surface area (Å²) in [5.74, 6) is 0. The largest absolute Gasteiger partial charge is 0.0893 e. The monoisotopic (exact) mass is 658 g/mol. The quantitative estimate of drug-likeness (QED) is 0.167. The molecule has 0 saturated heterocycles. The molecule has 6 aromatic rings. The Morgan fingerprint density at radius 1 is 0.357 bits per heavy atom. The van der Waals surface area contributed by atoms with Gasteiger partial charge in [-0.2, -0.15) is 0 Å². The van der Waals surface area contributed by atoms with Crippen LogP contribution in [-0.2, 0) is 0 Å². The Kier molecular flexibility index (Phi) is 9.21. The molecule has 0 N–H and O–H groups in total. The van der Waals surface area contributed by atoms with Crippen molar-refractivity contribution in [2.75, 3.05) is 0 Å². The van der Waals surface area contributed by atoms with Crippen molar-refractivity contribution in [2.45, 2.75) is 19.6 Å². The maximum atomic E-state index is 6.43. The van der Waals surface area contributed by atoms with E-state index in [1.807, 2.05) is 36.4 Å². The Morgan fingerprint density at radius 2 is 0.738 bits per heavy atom. The minimum Gasteiger partial charge on any atom is -0.0893 e. The maximum absolute atomic E-state index is 6.43. The number of rotatable bonds is 7. The van der Waals surface area contributed by atoms with Crippen LogP contribution in [0.1, 0.15) is 0 Å². The minimum atomic E-state index is 0.598. The van der Waals surface area contributed by atoms with E-state index in [0.29, 0.717) is 20.1 Å². The number of hydrogen-bond donors (Lipinski definition) is 0. The molecule has 206 valence electrons. The van der Waals surface area contributed by atoms with E-state index in [0.717, 1.165) is 53.0 Å². The second-order valence-electron chi connectivity index (χ2n) is 9.50. The van der Waals surface area contributed by atoms with Crippen molar-refractivity contribution in [3.8, 4) is 33.4 Å². The lowest BCUT2D eigenvalue weighted by atomic mass is 9.87. The highest BCUT2D eigenvalue weighted by Gasteiger charge is 2.21. The zero-order valence-corrected chi connectivity index (χ0v) is 26.7. The van der Waals surface area contributed by atoms with Gasteiger partial charge in [0.25, 0.3) is 0 Å². The van der Waals surface area contributed by atoms with Crippen LogP contribution in [0.15, 0.2) is 153 Å². The smallest absolute Gasteiger partial charge is 0.0432 e. The van der Waals surface area contributed by atoms with E-state index in [1.165, 1.54) is 0 Å². The molecular formula is C36H22Cl4S2. The molecule has 0 fully saturated rings. The molecule has 0 unspecified atom stereocenters. The third kappa shape index (κ3) is 6.71. The van der Waals surface area contributed by atoms with Gasteiger partial charge < -0.3 is 0 Å². The van der Waals surface area contributed by atoms with E-state index in [-0.39, 0.29) is 0 Å². The predicted molar refractivity (Wildman–Crippen MR) is 184 cm³/mol. The van der Waals surface area contributed by atoms with Crippen LogP contribution in [0.5, 0.6) is 0 Å². The van der Waals surface area contributed by atoms with Crippen LogP contribution in [0.4, 0.5) is 0 Å². The van der Waals surface area contributed by atoms with Crippen LogP contribution < -0.4 is 0 Å². The molecule has 0 aromatic heterocycles. The van der Waals surface area contributed by atoms with Gasteiger partial charge in [-0.05, 0) is 76.3 Å². The molecule has 6 aromatic carbocycles. The van der Waals surface area contributed by atoms with E-state index in [1.54, 1.807) is 35.7 Å². The summed E-state index contributed by atoms with van der Waals surface area (Å²) in [6.45, 7) is 0. The number of halogens is 4. The Labute approximate surface area is 274 Å². The molecule has 0 saturated carbocycles. The van der Waals surface area contributed by atoms with E-state index >= 15 is 0 Å². The molecule has 0 atom stereocenters. The van der Waals surface area contributed by atoms with Crippen LogP contribution in [0.25, 0.3) is 33.4 Å². The van der Waals surface area contributed by atoms with Gasteiger partial charge >= 0.3 is 0 Å². The summed E-state index contributed by atoms with van der Waals surface area (Å²) >= 11 is 29.0. The molecule has 42 heavy (non-hydrogen) atoms. The fourth-order valence-corrected chi connectivity index (χ4v) is 8.44. The fraction of sp³-hybridized carbons (Fsp3) is 0. The van der Waals surface area contributed by atoms with Crippen molar-refractivity contribution in [3.05, 3.63) is 154 Å². The molecular weight excluding hydrogens is 638 g/mol. The molecule has 6 heteroatoms. The van der Waals surface area contributed by atoms with Crippen LogP contribution in [0.3, 0.4) is 0 Å². The molecule has 0 aliphatic carbocycles. The van der Waals surface area contributed by atoms with Gasteiger partial charge in [0, 0.05) is 45.2 Å². The van der Waals surface area contributed by atoms with Gasteiger partial charge in [-0.25, -0.2) is 0 Å². The van der Waals surface area contributed by atoms with E-state index in [4.69, 9.17) is 46.4 Å². The molecule has 0 nitrogen and oxygen atoms in total. The van der Waals surface area contributed by atoms with Crippen molar-refractivity contribution >= 4 is 69.9 Å². The van der Waals surface area contributed by atoms with Gasteiger partial charge in [0.05, 0.1) is 0 Å². The van der Waals surface area contributed by atoms with Crippen LogP contribution in [-0.4, -0.2) is 0 Å². The van der Waals surface area contributed by atoms with Gasteiger partial charge in [-0.1, -0.05) is 155 Å². The van der Waals surface area contributed by atoms with Crippen molar-refractivity contribution in [3.63, 3.8) is 0 Å². The van der Waals surface area contributed by atoms with Crippen molar-refractivity contribution in [1.29, 1.82) is 0 Å². The minimum absolute atomic E-state index is 0.598. The van der Waals surface area contributed by atoms with Crippen LogP contribution >= 0.6 is 69.9 Å². The number of benzene rings is 6. The standard InChI is InChI=1S/C36H22Cl4S2/c37-25-17-26(38)20-29(19-25)41-33-15-8-16-34(42-30-21-27(39)18-28(40)22-30)36(33)35-31(23-9-3-1-4-10-23)13-7-14-32(35)24-11-5-2-6-12-24/h1-22H. The Bertz CT molecular complexity index is 1700. The Hall–Kier alpha value is -2.82. The lowest BCUT2D eigenvalue weighted by Gasteiger charge is -2.22. The number of hydrogen-bond acceptors (Lipinski definition) is 2. The predicted octanol–water partition coefficient (Wildman–Crippen LogP) is 13.6.